The predicted molar refractivity (Wildman–Crippen MR) is 147 cm³/mol. The molecule has 1 N–H and O–H groups in total. The van der Waals surface area contributed by atoms with Gasteiger partial charge in [0.15, 0.2) is 5.82 Å². The Labute approximate surface area is 221 Å². The molecule has 0 bridgehead atoms. The highest BCUT2D eigenvalue weighted by atomic mass is 16.6. The van der Waals surface area contributed by atoms with Crippen LogP contribution in [-0.2, 0) is 11.2 Å². The Balaban J connectivity index is 1.53. The maximum Gasteiger partial charge on any atom is 0.269 e. The highest BCUT2D eigenvalue weighted by Gasteiger charge is 2.17. The molecule has 0 spiro atoms. The summed E-state index contributed by atoms with van der Waals surface area (Å²) in [7, 11) is 1.62. The van der Waals surface area contributed by atoms with Crippen LogP contribution in [0, 0.1) is 23.0 Å². The number of benzene rings is 2. The number of carbonyl (C=O) groups is 1. The quantitative estimate of drug-likeness (QED) is 0.136. The van der Waals surface area contributed by atoms with Crippen LogP contribution < -0.4 is 10.1 Å². The molecule has 0 aliphatic rings. The van der Waals surface area contributed by atoms with E-state index in [-0.39, 0.29) is 5.69 Å². The summed E-state index contributed by atoms with van der Waals surface area (Å²) in [5.74, 6) is 2.83. The normalized spacial score (nSPS) is 11.4. The van der Waals surface area contributed by atoms with Gasteiger partial charge in [-0.15, -0.1) is 10.2 Å². The highest BCUT2D eigenvalue weighted by Crippen LogP contribution is 2.30. The Morgan fingerprint density at radius 2 is 1.89 bits per heavy atom. The van der Waals surface area contributed by atoms with Crippen molar-refractivity contribution in [1.82, 2.24) is 19.6 Å². The van der Waals surface area contributed by atoms with Gasteiger partial charge in [-0.3, -0.25) is 19.3 Å². The van der Waals surface area contributed by atoms with Crippen LogP contribution in [0.25, 0.3) is 16.7 Å². The molecule has 0 unspecified atom stereocenters. The van der Waals surface area contributed by atoms with Crippen molar-refractivity contribution in [3.63, 3.8) is 0 Å². The molecule has 0 saturated heterocycles. The molecule has 4 rings (SSSR count). The fourth-order valence-corrected chi connectivity index (χ4v) is 4.63. The maximum absolute atomic E-state index is 11.9. The number of rotatable bonds is 13. The van der Waals surface area contributed by atoms with Crippen molar-refractivity contribution in [2.24, 2.45) is 5.92 Å². The van der Waals surface area contributed by atoms with Crippen LogP contribution in [0.1, 0.15) is 62.9 Å². The van der Waals surface area contributed by atoms with Crippen molar-refractivity contribution in [3.05, 3.63) is 63.5 Å². The third-order valence-corrected chi connectivity index (χ3v) is 6.49. The third-order valence-electron chi connectivity index (χ3n) is 6.49. The molecule has 0 aliphatic carbocycles. The topological polar surface area (TPSA) is 125 Å². The fraction of sp³-hybridized carbons (Fsp3) is 0.429. The SMILES string of the molecule is COc1cc2nc(NCCCCCC(=O)CC(C)C)c3nnc(C)n3c2cc1Cc1ccc([N+](=O)[O-])cc1. The van der Waals surface area contributed by atoms with E-state index in [1.54, 1.807) is 19.2 Å². The monoisotopic (exact) mass is 518 g/mol. The summed E-state index contributed by atoms with van der Waals surface area (Å²) >= 11 is 0. The number of carbonyl (C=O) groups excluding carboxylic acids is 1. The van der Waals surface area contributed by atoms with Crippen LogP contribution in [0.2, 0.25) is 0 Å². The van der Waals surface area contributed by atoms with Crippen molar-refractivity contribution in [2.75, 3.05) is 19.0 Å². The van der Waals surface area contributed by atoms with Gasteiger partial charge in [0.2, 0.25) is 5.65 Å². The number of aromatic nitrogens is 4. The number of hydrogen-bond donors (Lipinski definition) is 1. The predicted octanol–water partition coefficient (Wildman–Crippen LogP) is 5.68. The number of nitro benzene ring substituents is 1. The number of unbranched alkanes of at least 4 members (excludes halogenated alkanes) is 2. The molecule has 200 valence electrons. The van der Waals surface area contributed by atoms with Crippen LogP contribution >= 0.6 is 0 Å². The van der Waals surface area contributed by atoms with Crippen LogP contribution in [0.5, 0.6) is 5.75 Å². The van der Waals surface area contributed by atoms with Crippen molar-refractivity contribution in [2.45, 2.75) is 59.3 Å². The number of ether oxygens (including phenoxy) is 1. The molecular formula is C28H34N6O4. The van der Waals surface area contributed by atoms with Gasteiger partial charge >= 0.3 is 0 Å². The first-order valence-electron chi connectivity index (χ1n) is 13.0. The number of nitro groups is 1. The number of anilines is 1. The van der Waals surface area contributed by atoms with Gasteiger partial charge in [-0.1, -0.05) is 32.4 Å². The Morgan fingerprint density at radius 1 is 1.13 bits per heavy atom. The number of nitrogens with zero attached hydrogens (tertiary/aromatic N) is 5. The standard InChI is InChI=1S/C28H34N6O4/c1-18(2)14-23(35)8-6-5-7-13-29-27-28-32-31-19(3)33(28)25-16-21(26(38-4)17-24(25)30-27)15-20-9-11-22(12-10-20)34(36)37/h9-12,16-18H,5-8,13-15H2,1-4H3,(H,29,30). The third kappa shape index (κ3) is 6.24. The Kier molecular flexibility index (Phi) is 8.50. The van der Waals surface area contributed by atoms with Crippen molar-refractivity contribution in [1.29, 1.82) is 0 Å². The molecule has 38 heavy (non-hydrogen) atoms. The van der Waals surface area contributed by atoms with Crippen LogP contribution in [0.3, 0.4) is 0 Å². The minimum absolute atomic E-state index is 0.0601. The summed E-state index contributed by atoms with van der Waals surface area (Å²) in [6, 6.07) is 10.5. The van der Waals surface area contributed by atoms with E-state index in [1.807, 2.05) is 23.5 Å². The second-order valence-corrected chi connectivity index (χ2v) is 9.99. The number of ketones is 1. The molecule has 0 atom stereocenters. The zero-order valence-electron chi connectivity index (χ0n) is 22.4. The number of nitrogens with one attached hydrogen (secondary N) is 1. The summed E-state index contributed by atoms with van der Waals surface area (Å²) in [6.07, 6.45) is 4.62. The lowest BCUT2D eigenvalue weighted by Crippen LogP contribution is -2.08. The Hall–Kier alpha value is -4.08. The average Bonchev–Trinajstić information content (AvgIpc) is 3.27. The average molecular weight is 519 g/mol. The molecular weight excluding hydrogens is 484 g/mol. The summed E-state index contributed by atoms with van der Waals surface area (Å²) in [4.78, 5) is 27.3. The van der Waals surface area contributed by atoms with E-state index in [2.05, 4.69) is 29.4 Å². The number of aryl methyl sites for hydroxylation is 1. The molecule has 2 aromatic carbocycles. The molecule has 0 fully saturated rings. The number of methoxy groups -OCH3 is 1. The van der Waals surface area contributed by atoms with Gasteiger partial charge in [0.1, 0.15) is 17.4 Å². The molecule has 0 aliphatic heterocycles. The van der Waals surface area contributed by atoms with Crippen molar-refractivity contribution < 1.29 is 14.5 Å². The first-order chi connectivity index (χ1) is 18.3. The smallest absolute Gasteiger partial charge is 0.269 e. The van der Waals surface area contributed by atoms with Gasteiger partial charge in [-0.25, -0.2) is 4.98 Å². The minimum Gasteiger partial charge on any atom is -0.496 e. The minimum atomic E-state index is -0.405. The van der Waals surface area contributed by atoms with Gasteiger partial charge in [-0.05, 0) is 37.3 Å². The first kappa shape index (κ1) is 27.0. The molecule has 2 heterocycles. The van der Waals surface area contributed by atoms with Gasteiger partial charge in [0.05, 0.1) is 23.1 Å². The molecule has 0 amide bonds. The Morgan fingerprint density at radius 3 is 2.58 bits per heavy atom. The van der Waals surface area contributed by atoms with E-state index in [0.717, 1.165) is 47.2 Å². The molecule has 0 radical (unpaired) electrons. The summed E-state index contributed by atoms with van der Waals surface area (Å²) < 4.78 is 7.66. The maximum atomic E-state index is 11.9. The Bertz CT molecular complexity index is 1450. The lowest BCUT2D eigenvalue weighted by Gasteiger charge is -2.14. The molecule has 0 saturated carbocycles. The molecule has 10 nitrogen and oxygen atoms in total. The molecule has 4 aromatic rings. The van der Waals surface area contributed by atoms with E-state index in [9.17, 15) is 14.9 Å². The summed E-state index contributed by atoms with van der Waals surface area (Å²) in [5, 5.41) is 23.1. The van der Waals surface area contributed by atoms with Crippen LogP contribution in [-0.4, -0.2) is 43.9 Å². The second-order valence-electron chi connectivity index (χ2n) is 9.99. The van der Waals surface area contributed by atoms with E-state index in [1.165, 1.54) is 12.1 Å². The van der Waals surface area contributed by atoms with Gasteiger partial charge in [-0.2, -0.15) is 0 Å². The second kappa shape index (κ2) is 12.0. The van der Waals surface area contributed by atoms with E-state index < -0.39 is 4.92 Å². The van der Waals surface area contributed by atoms with Crippen LogP contribution in [0.4, 0.5) is 11.5 Å². The highest BCUT2D eigenvalue weighted by molar-refractivity contribution is 5.85. The molecule has 2 aromatic heterocycles. The molecule has 10 heteroatoms. The van der Waals surface area contributed by atoms with Crippen LogP contribution in [0.15, 0.2) is 36.4 Å². The van der Waals surface area contributed by atoms with E-state index >= 15 is 0 Å². The summed E-state index contributed by atoms with van der Waals surface area (Å²) in [5.41, 5.74) is 4.17. The van der Waals surface area contributed by atoms with Gasteiger partial charge in [0.25, 0.3) is 5.69 Å². The van der Waals surface area contributed by atoms with E-state index in [0.29, 0.717) is 54.7 Å². The van der Waals surface area contributed by atoms with E-state index in [4.69, 9.17) is 9.72 Å². The first-order valence-corrected chi connectivity index (χ1v) is 13.0. The lowest BCUT2D eigenvalue weighted by molar-refractivity contribution is -0.384. The van der Waals surface area contributed by atoms with Gasteiger partial charge < -0.3 is 10.1 Å². The fourth-order valence-electron chi connectivity index (χ4n) is 4.63. The lowest BCUT2D eigenvalue weighted by atomic mass is 10.0. The number of non-ortho nitro benzene ring substituents is 1. The largest absolute Gasteiger partial charge is 0.496 e. The van der Waals surface area contributed by atoms with Crippen molar-refractivity contribution >= 4 is 34.0 Å². The zero-order chi connectivity index (χ0) is 27.2. The number of Topliss-reactive ketones (excluding diaryl/α,β-unsaturated/α-hetero) is 1. The van der Waals surface area contributed by atoms with Crippen molar-refractivity contribution in [3.8, 4) is 5.75 Å². The summed E-state index contributed by atoms with van der Waals surface area (Å²) in [6.45, 7) is 6.76. The number of hydrogen-bond acceptors (Lipinski definition) is 8. The number of fused-ring (bicyclic) bond motifs is 3. The zero-order valence-corrected chi connectivity index (χ0v) is 22.4. The van der Waals surface area contributed by atoms with Gasteiger partial charge in [0, 0.05) is 49.6 Å².